The molecule has 8 heteroatoms. The fourth-order valence-corrected chi connectivity index (χ4v) is 3.74. The Morgan fingerprint density at radius 2 is 1.73 bits per heavy atom. The molecule has 30 heavy (non-hydrogen) atoms. The summed E-state index contributed by atoms with van der Waals surface area (Å²) in [5.41, 5.74) is 1.91. The summed E-state index contributed by atoms with van der Waals surface area (Å²) in [5.74, 6) is -0.286. The third-order valence-electron chi connectivity index (χ3n) is 4.52. The van der Waals surface area contributed by atoms with Crippen LogP contribution in [0.15, 0.2) is 66.1 Å². The Hall–Kier alpha value is -3.13. The summed E-state index contributed by atoms with van der Waals surface area (Å²) in [7, 11) is 0. The van der Waals surface area contributed by atoms with Crippen LogP contribution in [0.2, 0.25) is 0 Å². The molecule has 0 aliphatic heterocycles. The molecule has 2 N–H and O–H groups in total. The van der Waals surface area contributed by atoms with Crippen molar-refractivity contribution in [3.63, 3.8) is 0 Å². The Morgan fingerprint density at radius 1 is 1.03 bits per heavy atom. The highest BCUT2D eigenvalue weighted by Crippen LogP contribution is 2.21. The minimum absolute atomic E-state index is 0.152. The lowest BCUT2D eigenvalue weighted by molar-refractivity contribution is -0.113. The predicted molar refractivity (Wildman–Crippen MR) is 119 cm³/mol. The number of aromatic nitrogens is 3. The van der Waals surface area contributed by atoms with Gasteiger partial charge in [-0.3, -0.25) is 9.59 Å². The number of benzene rings is 2. The first-order chi connectivity index (χ1) is 14.5. The van der Waals surface area contributed by atoms with Crippen molar-refractivity contribution < 1.29 is 9.59 Å². The second kappa shape index (κ2) is 10.1. The summed E-state index contributed by atoms with van der Waals surface area (Å²) in [6, 6.07) is 16.8. The zero-order valence-electron chi connectivity index (χ0n) is 17.2. The van der Waals surface area contributed by atoms with Gasteiger partial charge in [0.2, 0.25) is 5.91 Å². The third kappa shape index (κ3) is 5.48. The van der Waals surface area contributed by atoms with Crippen molar-refractivity contribution in [3.05, 3.63) is 72.1 Å². The zero-order chi connectivity index (χ0) is 21.5. The molecule has 2 amide bonds. The molecular formula is C22H25N5O2S. The highest BCUT2D eigenvalue weighted by Gasteiger charge is 2.17. The molecule has 1 heterocycles. The summed E-state index contributed by atoms with van der Waals surface area (Å²) in [5, 5.41) is 14.5. The molecule has 0 spiro atoms. The smallest absolute Gasteiger partial charge is 0.253 e. The van der Waals surface area contributed by atoms with Gasteiger partial charge in [0.15, 0.2) is 5.16 Å². The molecular weight excluding hydrogens is 398 g/mol. The van der Waals surface area contributed by atoms with Gasteiger partial charge in [-0.2, -0.15) is 0 Å². The topological polar surface area (TPSA) is 88.9 Å². The van der Waals surface area contributed by atoms with Gasteiger partial charge in [0.25, 0.3) is 5.91 Å². The Kier molecular flexibility index (Phi) is 7.24. The van der Waals surface area contributed by atoms with E-state index >= 15 is 0 Å². The molecule has 1 aromatic heterocycles. The van der Waals surface area contributed by atoms with Gasteiger partial charge in [0.05, 0.1) is 23.0 Å². The molecule has 1 atom stereocenters. The Bertz CT molecular complexity index is 1000. The lowest BCUT2D eigenvalue weighted by Gasteiger charge is -2.16. The van der Waals surface area contributed by atoms with Gasteiger partial charge >= 0.3 is 0 Å². The SMILES string of the molecule is CC(C)n1cnnc1SCC(=O)Nc1ccccc1C(=O)N[C@H](C)c1ccccc1. The van der Waals surface area contributed by atoms with Crippen LogP contribution in [0.5, 0.6) is 0 Å². The molecule has 0 bridgehead atoms. The molecule has 2 aromatic carbocycles. The molecule has 3 aromatic rings. The van der Waals surface area contributed by atoms with E-state index in [1.165, 1.54) is 11.8 Å². The van der Waals surface area contributed by atoms with Gasteiger partial charge in [-0.25, -0.2) is 0 Å². The number of hydrogen-bond acceptors (Lipinski definition) is 5. The van der Waals surface area contributed by atoms with Crippen molar-refractivity contribution in [2.24, 2.45) is 0 Å². The van der Waals surface area contributed by atoms with Gasteiger partial charge in [-0.05, 0) is 38.5 Å². The number of carbonyl (C=O) groups excluding carboxylic acids is 2. The summed E-state index contributed by atoms with van der Waals surface area (Å²) in [4.78, 5) is 25.3. The third-order valence-corrected chi connectivity index (χ3v) is 5.48. The predicted octanol–water partition coefficient (Wildman–Crippen LogP) is 4.08. The number of anilines is 1. The molecule has 0 saturated heterocycles. The summed E-state index contributed by atoms with van der Waals surface area (Å²) < 4.78 is 1.91. The quantitative estimate of drug-likeness (QED) is 0.533. The monoisotopic (exact) mass is 423 g/mol. The van der Waals surface area contributed by atoms with Crippen LogP contribution in [0.3, 0.4) is 0 Å². The standard InChI is InChI=1S/C22H25N5O2S/c1-15(2)27-14-23-26-22(27)30-13-20(28)25-19-12-8-7-11-18(19)21(29)24-16(3)17-9-5-4-6-10-17/h4-12,14-16H,13H2,1-3H3,(H,24,29)(H,25,28)/t16-/m1/s1. The Balaban J connectivity index is 1.63. The minimum atomic E-state index is -0.241. The molecule has 7 nitrogen and oxygen atoms in total. The van der Waals surface area contributed by atoms with Gasteiger partial charge in [0.1, 0.15) is 6.33 Å². The fourth-order valence-electron chi connectivity index (χ4n) is 2.90. The van der Waals surface area contributed by atoms with Gasteiger partial charge in [0, 0.05) is 6.04 Å². The maximum Gasteiger partial charge on any atom is 0.253 e. The van der Waals surface area contributed by atoms with E-state index in [9.17, 15) is 9.59 Å². The number of amides is 2. The van der Waals surface area contributed by atoms with Crippen LogP contribution < -0.4 is 10.6 Å². The van der Waals surface area contributed by atoms with Crippen molar-refractivity contribution >= 4 is 29.3 Å². The van der Waals surface area contributed by atoms with Crippen LogP contribution in [-0.4, -0.2) is 32.3 Å². The first-order valence-electron chi connectivity index (χ1n) is 9.72. The van der Waals surface area contributed by atoms with E-state index < -0.39 is 0 Å². The molecule has 3 rings (SSSR count). The Labute approximate surface area is 180 Å². The highest BCUT2D eigenvalue weighted by atomic mass is 32.2. The molecule has 0 aliphatic carbocycles. The van der Waals surface area contributed by atoms with Crippen molar-refractivity contribution in [1.82, 2.24) is 20.1 Å². The molecule has 0 aliphatic rings. The average molecular weight is 424 g/mol. The molecule has 0 radical (unpaired) electrons. The normalized spacial score (nSPS) is 11.9. The van der Waals surface area contributed by atoms with E-state index in [-0.39, 0.29) is 29.7 Å². The van der Waals surface area contributed by atoms with Crippen LogP contribution in [-0.2, 0) is 4.79 Å². The minimum Gasteiger partial charge on any atom is -0.345 e. The van der Waals surface area contributed by atoms with Crippen LogP contribution in [0.4, 0.5) is 5.69 Å². The van der Waals surface area contributed by atoms with Gasteiger partial charge < -0.3 is 15.2 Å². The number of nitrogens with zero attached hydrogens (tertiary/aromatic N) is 3. The van der Waals surface area contributed by atoms with E-state index in [4.69, 9.17) is 0 Å². The first-order valence-corrected chi connectivity index (χ1v) is 10.7. The van der Waals surface area contributed by atoms with Crippen LogP contribution in [0, 0.1) is 0 Å². The molecule has 0 fully saturated rings. The van der Waals surface area contributed by atoms with Crippen molar-refractivity contribution in [1.29, 1.82) is 0 Å². The lowest BCUT2D eigenvalue weighted by atomic mass is 10.1. The van der Waals surface area contributed by atoms with Crippen LogP contribution in [0.25, 0.3) is 0 Å². The van der Waals surface area contributed by atoms with Crippen molar-refractivity contribution in [2.75, 3.05) is 11.1 Å². The van der Waals surface area contributed by atoms with Gasteiger partial charge in [-0.1, -0.05) is 54.2 Å². The zero-order valence-corrected chi connectivity index (χ0v) is 18.0. The Morgan fingerprint density at radius 3 is 2.47 bits per heavy atom. The van der Waals surface area contributed by atoms with Crippen molar-refractivity contribution in [3.8, 4) is 0 Å². The largest absolute Gasteiger partial charge is 0.345 e. The summed E-state index contributed by atoms with van der Waals surface area (Å²) >= 11 is 1.31. The number of para-hydroxylation sites is 1. The van der Waals surface area contributed by atoms with Crippen molar-refractivity contribution in [2.45, 2.75) is 38.0 Å². The highest BCUT2D eigenvalue weighted by molar-refractivity contribution is 7.99. The number of carbonyl (C=O) groups is 2. The maximum atomic E-state index is 12.8. The van der Waals surface area contributed by atoms with Gasteiger partial charge in [-0.15, -0.1) is 10.2 Å². The number of hydrogen-bond donors (Lipinski definition) is 2. The number of nitrogens with one attached hydrogen (secondary N) is 2. The maximum absolute atomic E-state index is 12.8. The fraction of sp³-hybridized carbons (Fsp3) is 0.273. The molecule has 0 saturated carbocycles. The second-order valence-corrected chi connectivity index (χ2v) is 8.05. The van der Waals surface area contributed by atoms with E-state index in [0.29, 0.717) is 16.4 Å². The molecule has 156 valence electrons. The molecule has 0 unspecified atom stereocenters. The average Bonchev–Trinajstić information content (AvgIpc) is 3.22. The first kappa shape index (κ1) is 21.6. The van der Waals surface area contributed by atoms with E-state index in [1.54, 1.807) is 30.6 Å². The van der Waals surface area contributed by atoms with Crippen LogP contribution >= 0.6 is 11.8 Å². The summed E-state index contributed by atoms with van der Waals surface area (Å²) in [6.45, 7) is 5.98. The van der Waals surface area contributed by atoms with Crippen LogP contribution in [0.1, 0.15) is 48.8 Å². The number of rotatable bonds is 8. The second-order valence-electron chi connectivity index (χ2n) is 7.10. The van der Waals surface area contributed by atoms with E-state index in [0.717, 1.165) is 5.56 Å². The van der Waals surface area contributed by atoms with E-state index in [1.807, 2.05) is 55.7 Å². The summed E-state index contributed by atoms with van der Waals surface area (Å²) in [6.07, 6.45) is 1.65. The lowest BCUT2D eigenvalue weighted by Crippen LogP contribution is -2.28. The van der Waals surface area contributed by atoms with E-state index in [2.05, 4.69) is 20.8 Å². The number of thioether (sulfide) groups is 1.